The van der Waals surface area contributed by atoms with Gasteiger partial charge in [0.2, 0.25) is 5.72 Å². The molecule has 68 heavy (non-hydrogen) atoms. The predicted octanol–water partition coefficient (Wildman–Crippen LogP) is 8.71. The minimum atomic E-state index is -4.66. The van der Waals surface area contributed by atoms with E-state index >= 15 is 0 Å². The first-order valence-corrected chi connectivity index (χ1v) is 26.2. The average molecular weight is 940 g/mol. The topological polar surface area (TPSA) is 198 Å². The van der Waals surface area contributed by atoms with Crippen LogP contribution < -0.4 is 16.2 Å². The van der Waals surface area contributed by atoms with Gasteiger partial charge in [-0.3, -0.25) is 4.55 Å². The third-order valence-corrected chi connectivity index (χ3v) is 17.9. The number of guanidine groups is 1. The Morgan fingerprint density at radius 1 is 0.956 bits per heavy atom. The van der Waals surface area contributed by atoms with Crippen molar-refractivity contribution in [1.29, 1.82) is 0 Å². The number of hydrogen-bond acceptors (Lipinski definition) is 8. The van der Waals surface area contributed by atoms with Crippen LogP contribution in [0.15, 0.2) is 108 Å². The van der Waals surface area contributed by atoms with Crippen LogP contribution in [0, 0.1) is 41.4 Å². The number of benzene rings is 4. The molecule has 11 unspecified atom stereocenters. The Kier molecular flexibility index (Phi) is 12.8. The highest BCUT2D eigenvalue weighted by Gasteiger charge is 2.50. The van der Waals surface area contributed by atoms with Gasteiger partial charge < -0.3 is 36.3 Å². The maximum absolute atomic E-state index is 14.3. The third-order valence-electron chi connectivity index (χ3n) is 16.6. The van der Waals surface area contributed by atoms with Crippen LogP contribution in [-0.2, 0) is 33.4 Å². The number of aliphatic hydroxyl groups excluding tert-OH is 1. The summed E-state index contributed by atoms with van der Waals surface area (Å²) < 4.78 is 54.5. The van der Waals surface area contributed by atoms with Crippen LogP contribution in [0.3, 0.4) is 0 Å². The Labute approximate surface area is 400 Å². The Hall–Kier alpha value is -5.16. The molecule has 4 aromatic rings. The highest BCUT2D eigenvalue weighted by molar-refractivity contribution is 7.86. The van der Waals surface area contributed by atoms with Gasteiger partial charge >= 0.3 is 0 Å². The van der Waals surface area contributed by atoms with Crippen molar-refractivity contribution in [2.75, 3.05) is 6.61 Å². The number of allylic oxidation sites excluding steroid dienone is 1. The second kappa shape index (κ2) is 18.6. The first-order chi connectivity index (χ1) is 32.7. The number of fused-ring (bicyclic) bond motifs is 9. The number of nitrogens with two attached hydrogens (primary N) is 2. The summed E-state index contributed by atoms with van der Waals surface area (Å²) in [4.78, 5) is 5.04. The minimum absolute atomic E-state index is 0.0660. The Bertz CT molecular complexity index is 2740. The van der Waals surface area contributed by atoms with E-state index in [2.05, 4.69) is 43.0 Å². The molecular formula is C56H65N3O8S. The molecule has 4 aromatic carbocycles. The van der Waals surface area contributed by atoms with Crippen molar-refractivity contribution in [3.8, 4) is 23.3 Å². The van der Waals surface area contributed by atoms with E-state index in [0.717, 1.165) is 59.1 Å². The Morgan fingerprint density at radius 2 is 1.72 bits per heavy atom. The van der Waals surface area contributed by atoms with Crippen molar-refractivity contribution in [2.24, 2.45) is 46.0 Å². The Balaban J connectivity index is 1.17. The number of rotatable bonds is 8. The van der Waals surface area contributed by atoms with Gasteiger partial charge in [0.15, 0.2) is 5.96 Å². The number of aromatic hydroxyl groups is 1. The molecule has 1 saturated carbocycles. The van der Waals surface area contributed by atoms with E-state index in [0.29, 0.717) is 61.8 Å². The summed E-state index contributed by atoms with van der Waals surface area (Å²) in [6.45, 7) is 2.11. The van der Waals surface area contributed by atoms with Crippen LogP contribution in [0.5, 0.6) is 11.5 Å². The van der Waals surface area contributed by atoms with E-state index in [1.54, 1.807) is 12.1 Å². The SMILES string of the molecule is CC1CCc2cc3ccc2C1CC(S(=O)(=O)O)C1C=C2CC(CC4CC(CO)CC#Cc5cc(O)ccc5C2O4)C1c1ccc(cc1)C(CC(Cc1ccccc1)C1(O)CCCC1)(N=C(N)N)O3. The van der Waals surface area contributed by atoms with Crippen molar-refractivity contribution in [2.45, 2.75) is 131 Å². The molecule has 3 aliphatic carbocycles. The molecule has 5 aliphatic heterocycles. The number of phenolic OH excluding ortho intramolecular Hbond substituents is 1. The molecule has 8 aliphatic rings. The Morgan fingerprint density at radius 3 is 2.46 bits per heavy atom. The van der Waals surface area contributed by atoms with Crippen molar-refractivity contribution in [1.82, 2.24) is 0 Å². The van der Waals surface area contributed by atoms with E-state index in [4.69, 9.17) is 25.9 Å². The highest BCUT2D eigenvalue weighted by Crippen LogP contribution is 2.55. The summed E-state index contributed by atoms with van der Waals surface area (Å²) in [5, 5.41) is 32.6. The molecule has 1 saturated heterocycles. The van der Waals surface area contributed by atoms with Crippen LogP contribution in [0.25, 0.3) is 0 Å². The number of aryl methyl sites for hydroxylation is 1. The van der Waals surface area contributed by atoms with Gasteiger partial charge in [0.05, 0.1) is 17.0 Å². The first-order valence-electron chi connectivity index (χ1n) is 24.7. The largest absolute Gasteiger partial charge is 0.508 e. The van der Waals surface area contributed by atoms with E-state index in [9.17, 15) is 28.3 Å². The molecule has 0 amide bonds. The fraction of sp³-hybridized carbons (Fsp3) is 0.482. The summed E-state index contributed by atoms with van der Waals surface area (Å²) in [6.07, 6.45) is 9.15. The predicted molar refractivity (Wildman–Crippen MR) is 262 cm³/mol. The molecule has 0 spiro atoms. The van der Waals surface area contributed by atoms with E-state index in [-0.39, 0.29) is 72.8 Å². The van der Waals surface area contributed by atoms with Gasteiger partial charge in [-0.05, 0) is 145 Å². The van der Waals surface area contributed by atoms with Crippen LogP contribution in [0.4, 0.5) is 0 Å². The van der Waals surface area contributed by atoms with Crippen molar-refractivity contribution >= 4 is 16.1 Å². The second-order valence-corrected chi connectivity index (χ2v) is 22.6. The van der Waals surface area contributed by atoms with Crippen LogP contribution in [-0.4, -0.2) is 57.8 Å². The van der Waals surface area contributed by atoms with Gasteiger partial charge in [-0.2, -0.15) is 8.42 Å². The maximum atomic E-state index is 14.3. The fourth-order valence-electron chi connectivity index (χ4n) is 13.3. The first kappa shape index (κ1) is 46.6. The van der Waals surface area contributed by atoms with E-state index in [1.807, 2.05) is 60.7 Å². The third kappa shape index (κ3) is 9.21. The van der Waals surface area contributed by atoms with Gasteiger partial charge in [-0.25, -0.2) is 4.99 Å². The quantitative estimate of drug-likeness (QED) is 0.0327. The average Bonchev–Trinajstić information content (AvgIpc) is 3.71. The summed E-state index contributed by atoms with van der Waals surface area (Å²) in [7, 11) is -4.66. The number of phenols is 1. The number of aliphatic imine (C=N–C) groups is 1. The second-order valence-electron chi connectivity index (χ2n) is 21.0. The van der Waals surface area contributed by atoms with E-state index < -0.39 is 38.7 Å². The lowest BCUT2D eigenvalue weighted by Gasteiger charge is -2.42. The molecule has 2 fully saturated rings. The standard InChI is InChI=1S/C56H65N3O8S/c1-34-12-13-39-28-45-19-21-47(39)49(34)31-51(68(63,64)65)50-30-41-26-40(29-46-25-36(33-60)10-7-11-38-27-44(61)18-20-48(38)53(41)66-46)52(50)37-14-16-42(17-15-37)56(67-45,59-54(57)58)32-43(55(62)22-5-6-23-55)24-35-8-3-2-4-9-35/h2-4,8-9,14-21,27-28,30,34,36,40,43,46,49-53,60-62H,5-6,10,12-13,22-26,29,31-33H2,1H3,(H4,57,58,59)(H,63,64,65). The zero-order valence-electron chi connectivity index (χ0n) is 38.8. The van der Waals surface area contributed by atoms with Gasteiger partial charge in [0.1, 0.15) is 17.6 Å². The monoisotopic (exact) mass is 939 g/mol. The molecule has 10 bridgehead atoms. The van der Waals surface area contributed by atoms with Crippen molar-refractivity contribution < 1.29 is 37.8 Å². The summed E-state index contributed by atoms with van der Waals surface area (Å²) in [5.74, 6) is 5.35. The fourth-order valence-corrected chi connectivity index (χ4v) is 14.4. The van der Waals surface area contributed by atoms with E-state index in [1.165, 1.54) is 0 Å². The maximum Gasteiger partial charge on any atom is 0.268 e. The molecule has 0 radical (unpaired) electrons. The van der Waals surface area contributed by atoms with Gasteiger partial charge in [-0.15, -0.1) is 0 Å². The minimum Gasteiger partial charge on any atom is -0.508 e. The summed E-state index contributed by atoms with van der Waals surface area (Å²) in [5.41, 5.74) is 17.5. The zero-order valence-corrected chi connectivity index (χ0v) is 39.7. The molecule has 8 N–H and O–H groups in total. The highest BCUT2D eigenvalue weighted by atomic mass is 32.2. The number of aliphatic hydroxyl groups is 2. The lowest BCUT2D eigenvalue weighted by molar-refractivity contribution is -0.0532. The summed E-state index contributed by atoms with van der Waals surface area (Å²) >= 11 is 0. The normalized spacial score (nSPS) is 30.9. The number of nitrogens with zero attached hydrogens (tertiary/aromatic N) is 1. The lowest BCUT2D eigenvalue weighted by atomic mass is 9.64. The molecule has 5 heterocycles. The number of ether oxygens (including phenoxy) is 2. The smallest absolute Gasteiger partial charge is 0.268 e. The van der Waals surface area contributed by atoms with Gasteiger partial charge in [-0.1, -0.05) is 104 Å². The van der Waals surface area contributed by atoms with Gasteiger partial charge in [0.25, 0.3) is 10.1 Å². The molecule has 0 aromatic heterocycles. The van der Waals surface area contributed by atoms with Gasteiger partial charge in [0, 0.05) is 42.1 Å². The number of hydrogen-bond donors (Lipinski definition) is 6. The van der Waals surface area contributed by atoms with Crippen molar-refractivity contribution in [3.05, 3.63) is 142 Å². The van der Waals surface area contributed by atoms with Crippen LogP contribution >= 0.6 is 0 Å². The van der Waals surface area contributed by atoms with Crippen molar-refractivity contribution in [3.63, 3.8) is 0 Å². The molecule has 358 valence electrons. The van der Waals surface area contributed by atoms with Crippen LogP contribution in [0.1, 0.15) is 134 Å². The van der Waals surface area contributed by atoms with Crippen LogP contribution in [0.2, 0.25) is 0 Å². The zero-order chi connectivity index (χ0) is 47.4. The molecule has 11 nitrogen and oxygen atoms in total. The molecular weight excluding hydrogens is 875 g/mol. The molecule has 11 atom stereocenters. The summed E-state index contributed by atoms with van der Waals surface area (Å²) in [6, 6.07) is 29.5. The molecule has 12 heteroatoms. The molecule has 12 rings (SSSR count). The lowest BCUT2D eigenvalue weighted by Crippen LogP contribution is -2.45.